The molecule has 0 spiro atoms. The first-order chi connectivity index (χ1) is 25.1. The molecule has 21 heteroatoms. The smallest absolute Gasteiger partial charge is 0.857 e. The maximum atomic E-state index is 14.5. The third-order valence-electron chi connectivity index (χ3n) is 8.09. The van der Waals surface area contributed by atoms with Gasteiger partial charge in [-0.15, -0.1) is 0 Å². The number of aliphatic hydroxyl groups excluding tert-OH is 1. The van der Waals surface area contributed by atoms with E-state index in [1.54, 1.807) is 38.1 Å². The molecule has 2 atom stereocenters. The molecule has 4 heterocycles. The van der Waals surface area contributed by atoms with Crippen molar-refractivity contribution in [3.63, 3.8) is 0 Å². The molecule has 0 unspecified atom stereocenters. The molecule has 4 aliphatic heterocycles. The van der Waals surface area contributed by atoms with E-state index in [0.717, 1.165) is 14.2 Å². The predicted octanol–water partition coefficient (Wildman–Crippen LogP) is -1.27. The summed E-state index contributed by atoms with van der Waals surface area (Å²) < 4.78 is 50.1. The van der Waals surface area contributed by atoms with Gasteiger partial charge in [0.25, 0.3) is 0 Å². The average Bonchev–Trinajstić information content (AvgIpc) is 3.73. The first-order valence-electron chi connectivity index (χ1n) is 16.6. The van der Waals surface area contributed by atoms with Crippen LogP contribution in [0.4, 0.5) is 41.1 Å². The average molecular weight is 845 g/mol. The molecular weight excluding hydrogens is 794 g/mol. The van der Waals surface area contributed by atoms with E-state index in [-0.39, 0.29) is 72.4 Å². The Balaban J connectivity index is 0.000000926. The number of halogens is 2. The number of nitrogens with one attached hydrogen (secondary N) is 2. The van der Waals surface area contributed by atoms with Crippen LogP contribution in [-0.4, -0.2) is 138 Å². The molecule has 2 aromatic rings. The Morgan fingerprint density at radius 2 is 1.07 bits per heavy atom. The van der Waals surface area contributed by atoms with Crippen molar-refractivity contribution < 1.29 is 82.6 Å². The Bertz CT molecular complexity index is 1400. The molecule has 304 valence electrons. The number of hydrogen-bond donors (Lipinski definition) is 3. The van der Waals surface area contributed by atoms with Crippen molar-refractivity contribution in [3.05, 3.63) is 48.0 Å². The number of cyclic esters (lactones) is 2. The molecular formula is C34H51F2N6NaO9S3. The van der Waals surface area contributed by atoms with Crippen molar-refractivity contribution >= 4 is 82.8 Å². The van der Waals surface area contributed by atoms with E-state index in [1.807, 2.05) is 9.80 Å². The predicted molar refractivity (Wildman–Crippen MR) is 215 cm³/mol. The van der Waals surface area contributed by atoms with Gasteiger partial charge in [-0.1, -0.05) is 24.4 Å². The van der Waals surface area contributed by atoms with E-state index in [0.29, 0.717) is 112 Å². The molecule has 15 nitrogen and oxygen atoms in total. The first kappa shape index (κ1) is 52.4. The number of hydrogen-bond acceptors (Lipinski definition) is 12. The van der Waals surface area contributed by atoms with Crippen molar-refractivity contribution in [2.75, 3.05) is 113 Å². The third kappa shape index (κ3) is 15.7. The first-order valence-corrected chi connectivity index (χ1v) is 17.5. The molecule has 0 radical (unpaired) electrons. The maximum Gasteiger partial charge on any atom is 1.00 e. The summed E-state index contributed by atoms with van der Waals surface area (Å²) in [5, 5.41) is 21.2. The number of thiocarbonyl (C=S) groups is 2. The molecule has 5 N–H and O–H groups in total. The number of benzene rings is 2. The minimum Gasteiger partial charge on any atom is -0.857 e. The molecule has 55 heavy (non-hydrogen) atoms. The van der Waals surface area contributed by atoms with E-state index in [2.05, 4.69) is 10.6 Å². The fourth-order valence-electron chi connectivity index (χ4n) is 5.64. The molecule has 2 aromatic carbocycles. The van der Waals surface area contributed by atoms with Crippen molar-refractivity contribution in [1.29, 1.82) is 0 Å². The quantitative estimate of drug-likeness (QED) is 0.211. The third-order valence-corrected chi connectivity index (χ3v) is 8.38. The van der Waals surface area contributed by atoms with Gasteiger partial charge in [0.05, 0.1) is 85.3 Å². The molecule has 4 fully saturated rings. The van der Waals surface area contributed by atoms with E-state index < -0.39 is 12.2 Å². The number of carbonyl (C=O) groups is 2. The number of carbonyl (C=O) groups excluding carboxylic acids is 2. The zero-order valence-corrected chi connectivity index (χ0v) is 36.4. The molecule has 0 aliphatic carbocycles. The fraction of sp³-hybridized carbons (Fsp3) is 0.529. The van der Waals surface area contributed by atoms with Crippen molar-refractivity contribution in [1.82, 2.24) is 10.6 Å². The van der Waals surface area contributed by atoms with Crippen LogP contribution in [0.1, 0.15) is 13.8 Å². The normalized spacial score (nSPS) is 18.5. The standard InChI is InChI=1S/2C16H20FN3O3S.CH4O.CH3O.Na.H2O.H2S/c2*1-11(24)18-9-13-10-20(16(21)23-13)12-2-3-15(14(17)8-12)19-4-6-22-7-5-19;2*1-2;;;/h2*2-3,8,13H,4-7,9-10H2,1H3,(H,18,24);2H,1H3;1H3;;2*1H2/q;;;-1;+1;;/t2*13-;;;;;/m00...../s1. The van der Waals surface area contributed by atoms with Crippen LogP contribution in [0.3, 0.4) is 0 Å². The van der Waals surface area contributed by atoms with Crippen LogP contribution < -0.4 is 64.9 Å². The van der Waals surface area contributed by atoms with Crippen molar-refractivity contribution in [2.24, 2.45) is 0 Å². The number of anilines is 4. The minimum absolute atomic E-state index is 0. The topological polar surface area (TPSA) is 183 Å². The van der Waals surface area contributed by atoms with Gasteiger partial charge >= 0.3 is 41.7 Å². The summed E-state index contributed by atoms with van der Waals surface area (Å²) in [6.45, 7) is 10.2. The number of nitrogens with zero attached hydrogens (tertiary/aromatic N) is 4. The Hall–Kier alpha value is -2.63. The SMILES string of the molecule is CC(=S)NC[C@H]1CN(c2ccc(N3CCOCC3)c(F)c2)C(=O)O1.CC(=S)NC[C@H]1CN(c2ccc(N3CCOCC3)c(F)c2)C(=O)O1.CO.C[O-].O.S.[Na+]. The zero-order chi connectivity index (χ0) is 38.2. The van der Waals surface area contributed by atoms with Crippen LogP contribution in [0.5, 0.6) is 0 Å². The van der Waals surface area contributed by atoms with E-state index in [1.165, 1.54) is 21.9 Å². The van der Waals surface area contributed by atoms with Gasteiger partial charge in [-0.3, -0.25) is 9.80 Å². The molecule has 0 bridgehead atoms. The van der Waals surface area contributed by atoms with Gasteiger partial charge in [-0.05, 0) is 50.2 Å². The summed E-state index contributed by atoms with van der Waals surface area (Å²) in [6.07, 6.45) is -1.56. The maximum absolute atomic E-state index is 14.5. The minimum atomic E-state index is -0.470. The summed E-state index contributed by atoms with van der Waals surface area (Å²) in [4.78, 5) is 32.1. The number of ether oxygens (including phenoxy) is 4. The summed E-state index contributed by atoms with van der Waals surface area (Å²) in [7, 11) is 1.75. The molecule has 0 saturated carbocycles. The summed E-state index contributed by atoms with van der Waals surface area (Å²) in [5.74, 6) is -0.697. The Morgan fingerprint density at radius 1 is 0.745 bits per heavy atom. The Morgan fingerprint density at radius 3 is 1.36 bits per heavy atom. The summed E-state index contributed by atoms with van der Waals surface area (Å²) in [6, 6.07) is 9.66. The second kappa shape index (κ2) is 27.1. The van der Waals surface area contributed by atoms with Crippen LogP contribution >= 0.6 is 37.9 Å². The van der Waals surface area contributed by atoms with Crippen LogP contribution in [0, 0.1) is 11.6 Å². The summed E-state index contributed by atoms with van der Waals surface area (Å²) >= 11 is 9.90. The van der Waals surface area contributed by atoms with Gasteiger partial charge in [0.2, 0.25) is 0 Å². The van der Waals surface area contributed by atoms with Crippen LogP contribution in [0.15, 0.2) is 36.4 Å². The van der Waals surface area contributed by atoms with Crippen LogP contribution in [-0.2, 0) is 18.9 Å². The molecule has 0 aromatic heterocycles. The van der Waals surface area contributed by atoms with E-state index in [9.17, 15) is 18.4 Å². The monoisotopic (exact) mass is 844 g/mol. The van der Waals surface area contributed by atoms with Gasteiger partial charge in [0.15, 0.2) is 0 Å². The number of aliphatic hydroxyl groups is 1. The van der Waals surface area contributed by atoms with Crippen molar-refractivity contribution in [3.8, 4) is 0 Å². The van der Waals surface area contributed by atoms with E-state index >= 15 is 0 Å². The zero-order valence-electron chi connectivity index (χ0n) is 31.8. The number of amides is 2. The second-order valence-corrected chi connectivity index (χ2v) is 12.8. The summed E-state index contributed by atoms with van der Waals surface area (Å²) in [5.41, 5.74) is 2.06. The van der Waals surface area contributed by atoms with Crippen LogP contribution in [0.2, 0.25) is 0 Å². The Kier molecular flexibility index (Phi) is 25.8. The van der Waals surface area contributed by atoms with Gasteiger partial charge in [0.1, 0.15) is 23.8 Å². The van der Waals surface area contributed by atoms with Gasteiger partial charge in [-0.2, -0.15) is 20.6 Å². The molecule has 2 amide bonds. The Labute approximate surface area is 360 Å². The second-order valence-electron chi connectivity index (χ2n) is 11.6. The number of rotatable bonds is 8. The number of morpholine rings is 2. The van der Waals surface area contributed by atoms with Gasteiger partial charge in [-0.25, -0.2) is 18.4 Å². The van der Waals surface area contributed by atoms with Gasteiger partial charge < -0.3 is 55.1 Å². The van der Waals surface area contributed by atoms with E-state index in [4.69, 9.17) is 53.6 Å². The molecule has 4 aliphatic rings. The largest absolute Gasteiger partial charge is 1.00 e. The molecule has 4 saturated heterocycles. The van der Waals surface area contributed by atoms with Gasteiger partial charge in [0, 0.05) is 33.3 Å². The molecule has 6 rings (SSSR count). The fourth-order valence-corrected chi connectivity index (χ4v) is 5.81. The van der Waals surface area contributed by atoms with Crippen molar-refractivity contribution in [2.45, 2.75) is 26.1 Å². The van der Waals surface area contributed by atoms with Crippen LogP contribution in [0.25, 0.3) is 0 Å².